The summed E-state index contributed by atoms with van der Waals surface area (Å²) in [5, 5.41) is 3.29. The van der Waals surface area contributed by atoms with E-state index < -0.39 is 0 Å². The van der Waals surface area contributed by atoms with E-state index in [1.54, 1.807) is 13.0 Å². The van der Waals surface area contributed by atoms with Gasteiger partial charge in [-0.2, -0.15) is 11.8 Å². The third-order valence-corrected chi connectivity index (χ3v) is 3.19. The van der Waals surface area contributed by atoms with Crippen LogP contribution in [0.15, 0.2) is 30.9 Å². The average Bonchev–Trinajstić information content (AvgIpc) is 2.28. The van der Waals surface area contributed by atoms with Crippen LogP contribution in [0, 0.1) is 12.7 Å². The summed E-state index contributed by atoms with van der Waals surface area (Å²) in [7, 11) is 0. The molecule has 0 heterocycles. The first-order chi connectivity index (χ1) is 7.74. The van der Waals surface area contributed by atoms with Crippen molar-refractivity contribution in [1.29, 1.82) is 0 Å². The van der Waals surface area contributed by atoms with E-state index in [9.17, 15) is 4.39 Å². The number of benzene rings is 1. The molecule has 0 saturated carbocycles. The second-order valence-corrected chi connectivity index (χ2v) is 4.77. The topological polar surface area (TPSA) is 12.0 Å². The van der Waals surface area contributed by atoms with E-state index >= 15 is 0 Å². The second kappa shape index (κ2) is 7.47. The Kier molecular flexibility index (Phi) is 6.19. The van der Waals surface area contributed by atoms with E-state index in [0.717, 1.165) is 30.2 Å². The van der Waals surface area contributed by atoms with Crippen LogP contribution in [-0.2, 0) is 6.54 Å². The molecular formula is C13H18FNS. The number of halogens is 1. The van der Waals surface area contributed by atoms with Crippen molar-refractivity contribution in [3.05, 3.63) is 47.8 Å². The number of thioether (sulfide) groups is 1. The Balaban J connectivity index is 2.21. The smallest absolute Gasteiger partial charge is 0.126 e. The highest BCUT2D eigenvalue weighted by Gasteiger charge is 1.98. The first kappa shape index (κ1) is 13.3. The molecule has 1 N–H and O–H groups in total. The highest BCUT2D eigenvalue weighted by Crippen LogP contribution is 2.08. The molecule has 0 spiro atoms. The summed E-state index contributed by atoms with van der Waals surface area (Å²) in [6.45, 7) is 7.10. The number of hydrogen-bond acceptors (Lipinski definition) is 2. The zero-order chi connectivity index (χ0) is 11.8. The number of hydrogen-bond donors (Lipinski definition) is 1. The monoisotopic (exact) mass is 239 g/mol. The summed E-state index contributed by atoms with van der Waals surface area (Å²) < 4.78 is 13.2. The van der Waals surface area contributed by atoms with Gasteiger partial charge in [-0.25, -0.2) is 4.39 Å². The van der Waals surface area contributed by atoms with Gasteiger partial charge in [0.15, 0.2) is 0 Å². The van der Waals surface area contributed by atoms with Gasteiger partial charge in [-0.3, -0.25) is 0 Å². The van der Waals surface area contributed by atoms with E-state index in [-0.39, 0.29) is 5.82 Å². The molecule has 1 nitrogen and oxygen atoms in total. The third-order valence-electron chi connectivity index (χ3n) is 2.22. The zero-order valence-corrected chi connectivity index (χ0v) is 10.4. The Morgan fingerprint density at radius 1 is 1.50 bits per heavy atom. The lowest BCUT2D eigenvalue weighted by molar-refractivity contribution is 0.613. The van der Waals surface area contributed by atoms with Crippen molar-refractivity contribution in [3.63, 3.8) is 0 Å². The Labute approximate surface area is 101 Å². The lowest BCUT2D eigenvalue weighted by atomic mass is 10.1. The molecule has 0 aliphatic rings. The molecule has 0 radical (unpaired) electrons. The fraction of sp³-hybridized carbons (Fsp3) is 0.385. The molecule has 0 aromatic heterocycles. The van der Waals surface area contributed by atoms with Crippen LogP contribution >= 0.6 is 11.8 Å². The van der Waals surface area contributed by atoms with Gasteiger partial charge in [0.2, 0.25) is 0 Å². The fourth-order valence-corrected chi connectivity index (χ4v) is 1.91. The summed E-state index contributed by atoms with van der Waals surface area (Å²) in [6.07, 6.45) is 1.90. The maximum atomic E-state index is 13.2. The van der Waals surface area contributed by atoms with Gasteiger partial charge in [-0.1, -0.05) is 18.2 Å². The van der Waals surface area contributed by atoms with Crippen LogP contribution in [0.4, 0.5) is 4.39 Å². The summed E-state index contributed by atoms with van der Waals surface area (Å²) in [5.74, 6) is 1.92. The normalized spacial score (nSPS) is 10.4. The third kappa shape index (κ3) is 4.81. The van der Waals surface area contributed by atoms with Crippen LogP contribution in [0.5, 0.6) is 0 Å². The van der Waals surface area contributed by atoms with E-state index in [1.165, 1.54) is 0 Å². The van der Waals surface area contributed by atoms with E-state index in [0.29, 0.717) is 5.56 Å². The van der Waals surface area contributed by atoms with Gasteiger partial charge in [0.1, 0.15) is 5.82 Å². The quantitative estimate of drug-likeness (QED) is 0.579. The Bertz CT molecular complexity index is 339. The van der Waals surface area contributed by atoms with Gasteiger partial charge in [-0.05, 0) is 24.1 Å². The van der Waals surface area contributed by atoms with Crippen molar-refractivity contribution in [2.45, 2.75) is 13.5 Å². The highest BCUT2D eigenvalue weighted by molar-refractivity contribution is 7.99. The minimum atomic E-state index is -0.125. The SMILES string of the molecule is C=CCSCCNCc1ccc(C)c(F)c1. The molecule has 0 unspecified atom stereocenters. The molecular weight excluding hydrogens is 221 g/mol. The van der Waals surface area contributed by atoms with E-state index in [1.807, 2.05) is 30.0 Å². The first-order valence-electron chi connectivity index (χ1n) is 5.38. The lowest BCUT2D eigenvalue weighted by Gasteiger charge is -2.05. The maximum Gasteiger partial charge on any atom is 0.126 e. The van der Waals surface area contributed by atoms with E-state index in [2.05, 4.69) is 11.9 Å². The van der Waals surface area contributed by atoms with Gasteiger partial charge in [-0.15, -0.1) is 6.58 Å². The summed E-state index contributed by atoms with van der Waals surface area (Å²) in [6, 6.07) is 5.38. The van der Waals surface area contributed by atoms with Gasteiger partial charge in [0.05, 0.1) is 0 Å². The van der Waals surface area contributed by atoms with Crippen molar-refractivity contribution in [1.82, 2.24) is 5.32 Å². The summed E-state index contributed by atoms with van der Waals surface area (Å²) >= 11 is 1.84. The van der Waals surface area contributed by atoms with Crippen molar-refractivity contribution in [2.24, 2.45) is 0 Å². The molecule has 0 atom stereocenters. The molecule has 16 heavy (non-hydrogen) atoms. The molecule has 1 aromatic rings. The number of rotatable bonds is 7. The molecule has 0 aliphatic heterocycles. The second-order valence-electron chi connectivity index (χ2n) is 3.62. The van der Waals surface area contributed by atoms with Crippen LogP contribution in [0.25, 0.3) is 0 Å². The van der Waals surface area contributed by atoms with Crippen LogP contribution < -0.4 is 5.32 Å². The van der Waals surface area contributed by atoms with Gasteiger partial charge >= 0.3 is 0 Å². The summed E-state index contributed by atoms with van der Waals surface area (Å²) in [4.78, 5) is 0. The van der Waals surface area contributed by atoms with Crippen molar-refractivity contribution in [2.75, 3.05) is 18.1 Å². The average molecular weight is 239 g/mol. The standard InChI is InChI=1S/C13H18FNS/c1-3-7-16-8-6-15-10-12-5-4-11(2)13(14)9-12/h3-5,9,15H,1,6-8,10H2,2H3. The predicted molar refractivity (Wildman–Crippen MR) is 70.4 cm³/mol. The minimum Gasteiger partial charge on any atom is -0.312 e. The minimum absolute atomic E-state index is 0.125. The zero-order valence-electron chi connectivity index (χ0n) is 9.63. The molecule has 0 fully saturated rings. The van der Waals surface area contributed by atoms with E-state index in [4.69, 9.17) is 0 Å². The largest absolute Gasteiger partial charge is 0.312 e. The van der Waals surface area contributed by atoms with Crippen LogP contribution in [-0.4, -0.2) is 18.1 Å². The van der Waals surface area contributed by atoms with Crippen LogP contribution in [0.2, 0.25) is 0 Å². The van der Waals surface area contributed by atoms with Gasteiger partial charge in [0.25, 0.3) is 0 Å². The molecule has 3 heteroatoms. The first-order valence-corrected chi connectivity index (χ1v) is 6.54. The van der Waals surface area contributed by atoms with Crippen molar-refractivity contribution >= 4 is 11.8 Å². The molecule has 88 valence electrons. The van der Waals surface area contributed by atoms with Crippen molar-refractivity contribution < 1.29 is 4.39 Å². The van der Waals surface area contributed by atoms with Crippen LogP contribution in [0.1, 0.15) is 11.1 Å². The molecule has 1 rings (SSSR count). The van der Waals surface area contributed by atoms with Crippen LogP contribution in [0.3, 0.4) is 0 Å². The number of nitrogens with one attached hydrogen (secondary N) is 1. The molecule has 0 aliphatic carbocycles. The Morgan fingerprint density at radius 3 is 3.00 bits per heavy atom. The molecule has 0 bridgehead atoms. The van der Waals surface area contributed by atoms with Crippen molar-refractivity contribution in [3.8, 4) is 0 Å². The lowest BCUT2D eigenvalue weighted by Crippen LogP contribution is -2.16. The van der Waals surface area contributed by atoms with Gasteiger partial charge in [0, 0.05) is 24.6 Å². The molecule has 1 aromatic carbocycles. The predicted octanol–water partition coefficient (Wildman–Crippen LogP) is 3.14. The summed E-state index contributed by atoms with van der Waals surface area (Å²) in [5.41, 5.74) is 1.70. The molecule has 0 amide bonds. The highest BCUT2D eigenvalue weighted by atomic mass is 32.2. The molecule has 0 saturated heterocycles. The fourth-order valence-electron chi connectivity index (χ4n) is 1.29. The maximum absolute atomic E-state index is 13.2. The Hall–Kier alpha value is -0.800. The van der Waals surface area contributed by atoms with Gasteiger partial charge < -0.3 is 5.32 Å². The Morgan fingerprint density at radius 2 is 2.31 bits per heavy atom. The number of aryl methyl sites for hydroxylation is 1.